The lowest BCUT2D eigenvalue weighted by atomic mass is 9.75. The molecule has 5 N–H and O–H groups in total. The molecule has 9 nitrogen and oxygen atoms in total. The fraction of sp³-hybridized carbons (Fsp3) is 0.381. The fourth-order valence-electron chi connectivity index (χ4n) is 3.63. The van der Waals surface area contributed by atoms with Crippen molar-refractivity contribution in [3.05, 3.63) is 40.8 Å². The van der Waals surface area contributed by atoms with E-state index in [1.807, 2.05) is 6.92 Å². The number of nitrogens with one attached hydrogen (secondary N) is 1. The van der Waals surface area contributed by atoms with Crippen LogP contribution in [0.15, 0.2) is 32.8 Å². The molecule has 0 aliphatic heterocycles. The van der Waals surface area contributed by atoms with Crippen molar-refractivity contribution in [1.29, 1.82) is 0 Å². The van der Waals surface area contributed by atoms with E-state index in [0.717, 1.165) is 5.56 Å². The van der Waals surface area contributed by atoms with Crippen LogP contribution in [0.1, 0.15) is 47.7 Å². The van der Waals surface area contributed by atoms with Gasteiger partial charge in [-0.05, 0) is 30.9 Å². The number of nitrogens with two attached hydrogens (primary N) is 2. The van der Waals surface area contributed by atoms with E-state index in [4.69, 9.17) is 25.4 Å². The highest BCUT2D eigenvalue weighted by Gasteiger charge is 2.36. The van der Waals surface area contributed by atoms with Crippen LogP contribution in [-0.4, -0.2) is 31.8 Å². The predicted molar refractivity (Wildman–Crippen MR) is 115 cm³/mol. The largest absolute Gasteiger partial charge is 0.497 e. The van der Waals surface area contributed by atoms with Crippen molar-refractivity contribution in [2.45, 2.75) is 33.6 Å². The van der Waals surface area contributed by atoms with Crippen molar-refractivity contribution < 1.29 is 18.7 Å². The normalized spacial score (nSPS) is 16.0. The van der Waals surface area contributed by atoms with E-state index in [9.17, 15) is 4.79 Å². The minimum Gasteiger partial charge on any atom is -0.497 e. The molecule has 30 heavy (non-hydrogen) atoms. The van der Waals surface area contributed by atoms with Crippen LogP contribution in [0.3, 0.4) is 0 Å². The van der Waals surface area contributed by atoms with E-state index in [-0.39, 0.29) is 17.1 Å². The second kappa shape index (κ2) is 8.10. The number of carbonyl (C=O) groups is 1. The lowest BCUT2D eigenvalue weighted by molar-refractivity contribution is 0.0992. The Morgan fingerprint density at radius 1 is 1.20 bits per heavy atom. The quantitative estimate of drug-likeness (QED) is 0.391. The van der Waals surface area contributed by atoms with Gasteiger partial charge in [-0.1, -0.05) is 13.8 Å². The maximum Gasteiger partial charge on any atom is 0.291 e. The molecule has 1 aliphatic rings. The maximum absolute atomic E-state index is 13.0. The lowest BCUT2D eigenvalue weighted by Crippen LogP contribution is -2.27. The van der Waals surface area contributed by atoms with Gasteiger partial charge in [0.25, 0.3) is 5.91 Å². The Hall–Kier alpha value is -3.49. The van der Waals surface area contributed by atoms with Gasteiger partial charge in [-0.15, -0.1) is 5.10 Å². The van der Waals surface area contributed by atoms with E-state index >= 15 is 0 Å². The first kappa shape index (κ1) is 21.2. The van der Waals surface area contributed by atoms with Crippen LogP contribution in [0.4, 0.5) is 5.69 Å². The first-order valence-corrected chi connectivity index (χ1v) is 9.46. The van der Waals surface area contributed by atoms with Crippen molar-refractivity contribution in [2.75, 3.05) is 19.5 Å². The molecule has 9 heteroatoms. The molecule has 0 atom stereocenters. The molecule has 1 amide bonds. The highest BCUT2D eigenvalue weighted by Crippen LogP contribution is 2.39. The average Bonchev–Trinajstić information content (AvgIpc) is 3.01. The summed E-state index contributed by atoms with van der Waals surface area (Å²) in [4.78, 5) is 13.0. The van der Waals surface area contributed by atoms with Crippen LogP contribution in [0.5, 0.6) is 11.5 Å². The number of anilines is 1. The Kier molecular flexibility index (Phi) is 5.73. The molecule has 0 saturated carbocycles. The summed E-state index contributed by atoms with van der Waals surface area (Å²) in [6, 6.07) is 5.15. The number of fused-ring (bicyclic) bond motifs is 1. The third-order valence-corrected chi connectivity index (χ3v) is 4.94. The van der Waals surface area contributed by atoms with Gasteiger partial charge in [-0.3, -0.25) is 4.79 Å². The molecule has 3 rings (SSSR count). The monoisotopic (exact) mass is 413 g/mol. The maximum atomic E-state index is 13.0. The van der Waals surface area contributed by atoms with Crippen LogP contribution in [0.25, 0.3) is 0 Å². The van der Waals surface area contributed by atoms with Crippen LogP contribution in [0, 0.1) is 12.3 Å². The summed E-state index contributed by atoms with van der Waals surface area (Å²) in [5.74, 6) is 1.48. The fourth-order valence-corrected chi connectivity index (χ4v) is 3.63. The third kappa shape index (κ3) is 4.24. The molecule has 2 aromatic rings. The van der Waals surface area contributed by atoms with E-state index in [0.29, 0.717) is 47.1 Å². The van der Waals surface area contributed by atoms with Gasteiger partial charge >= 0.3 is 0 Å². The number of methoxy groups -OCH3 is 2. The average molecular weight is 413 g/mol. The Morgan fingerprint density at radius 2 is 1.93 bits per heavy atom. The molecule has 1 aliphatic carbocycles. The third-order valence-electron chi connectivity index (χ3n) is 4.94. The van der Waals surface area contributed by atoms with E-state index < -0.39 is 5.91 Å². The number of guanidine groups is 1. The summed E-state index contributed by atoms with van der Waals surface area (Å²) in [5, 5.41) is 10.9. The Labute approximate surface area is 175 Å². The van der Waals surface area contributed by atoms with E-state index in [1.54, 1.807) is 25.3 Å². The van der Waals surface area contributed by atoms with Gasteiger partial charge in [0, 0.05) is 23.6 Å². The van der Waals surface area contributed by atoms with Crippen molar-refractivity contribution in [1.82, 2.24) is 0 Å². The molecule has 160 valence electrons. The Morgan fingerprint density at radius 3 is 2.57 bits per heavy atom. The minimum absolute atomic E-state index is 0.112. The number of benzene rings is 1. The highest BCUT2D eigenvalue weighted by atomic mass is 16.5. The molecule has 0 radical (unpaired) electrons. The predicted octanol–water partition coefficient (Wildman–Crippen LogP) is 2.81. The van der Waals surface area contributed by atoms with Gasteiger partial charge < -0.3 is 30.7 Å². The van der Waals surface area contributed by atoms with Crippen molar-refractivity contribution in [3.8, 4) is 11.5 Å². The summed E-state index contributed by atoms with van der Waals surface area (Å²) in [6.07, 6.45) is 1.32. The zero-order valence-corrected chi connectivity index (χ0v) is 17.8. The topological polar surface area (TPSA) is 137 Å². The van der Waals surface area contributed by atoms with Crippen LogP contribution in [0.2, 0.25) is 0 Å². The lowest BCUT2D eigenvalue weighted by Gasteiger charge is -2.29. The zero-order chi connectivity index (χ0) is 22.1. The van der Waals surface area contributed by atoms with Crippen molar-refractivity contribution in [3.63, 3.8) is 0 Å². The molecular weight excluding hydrogens is 386 g/mol. The number of rotatable bonds is 5. The molecule has 1 aromatic heterocycles. The highest BCUT2D eigenvalue weighted by molar-refractivity contribution is 6.09. The van der Waals surface area contributed by atoms with Crippen LogP contribution < -0.4 is 26.3 Å². The second-order valence-electron chi connectivity index (χ2n) is 7.96. The number of hydrogen-bond acceptors (Lipinski definition) is 6. The summed E-state index contributed by atoms with van der Waals surface area (Å²) >= 11 is 0. The van der Waals surface area contributed by atoms with Gasteiger partial charge in [0.15, 0.2) is 5.76 Å². The van der Waals surface area contributed by atoms with Crippen LogP contribution in [-0.2, 0) is 6.42 Å². The Balaban J connectivity index is 2.00. The number of ether oxygens (including phenoxy) is 2. The van der Waals surface area contributed by atoms with Crippen molar-refractivity contribution in [2.24, 2.45) is 27.1 Å². The van der Waals surface area contributed by atoms with E-state index in [2.05, 4.69) is 29.4 Å². The van der Waals surface area contributed by atoms with Gasteiger partial charge in [-0.2, -0.15) is 5.10 Å². The van der Waals surface area contributed by atoms with Crippen molar-refractivity contribution >= 4 is 23.3 Å². The summed E-state index contributed by atoms with van der Waals surface area (Å²) < 4.78 is 16.6. The number of carbonyl (C=O) groups excluding carboxylic acids is 1. The summed E-state index contributed by atoms with van der Waals surface area (Å²) in [7, 11) is 3.08. The number of hydrogen-bond donors (Lipinski definition) is 3. The van der Waals surface area contributed by atoms with E-state index in [1.165, 1.54) is 7.11 Å². The number of amides is 1. The molecule has 0 spiro atoms. The molecule has 0 bridgehead atoms. The first-order valence-electron chi connectivity index (χ1n) is 9.46. The first-order chi connectivity index (χ1) is 14.1. The Bertz CT molecular complexity index is 1030. The molecule has 0 fully saturated rings. The van der Waals surface area contributed by atoms with Gasteiger partial charge in [0.1, 0.15) is 17.3 Å². The number of furan rings is 1. The summed E-state index contributed by atoms with van der Waals surface area (Å²) in [6.45, 7) is 6.02. The smallest absolute Gasteiger partial charge is 0.291 e. The SMILES string of the molecule is COc1ccc(OC)c(NC(=O)c2oc3c(c2C)/C(=N\N=C(N)N)CC(C)(C)C3)c1. The van der Waals surface area contributed by atoms with Gasteiger partial charge in [0.05, 0.1) is 25.6 Å². The minimum atomic E-state index is -0.396. The van der Waals surface area contributed by atoms with Crippen LogP contribution >= 0.6 is 0 Å². The molecular formula is C21H27N5O4. The number of nitrogens with zero attached hydrogens (tertiary/aromatic N) is 2. The van der Waals surface area contributed by atoms with Gasteiger partial charge in [-0.25, -0.2) is 0 Å². The molecule has 0 unspecified atom stereocenters. The molecule has 0 saturated heterocycles. The zero-order valence-electron chi connectivity index (χ0n) is 17.8. The molecule has 1 heterocycles. The second-order valence-corrected chi connectivity index (χ2v) is 7.96. The molecule has 1 aromatic carbocycles. The summed E-state index contributed by atoms with van der Waals surface area (Å²) in [5.41, 5.74) is 13.4. The van der Waals surface area contributed by atoms with Gasteiger partial charge in [0.2, 0.25) is 5.96 Å². The standard InChI is InChI=1S/C21H27N5O4/c1-11-17-14(25-26-20(22)23)9-21(2,3)10-16(17)30-18(11)19(27)24-13-8-12(28-4)6-7-15(13)29-5/h6-8H,9-10H2,1-5H3,(H,24,27)(H4,22,23,26)/b25-14-.